The van der Waals surface area contributed by atoms with E-state index in [1.54, 1.807) is 6.20 Å². The average Bonchev–Trinajstić information content (AvgIpc) is 3.39. The smallest absolute Gasteiger partial charge is 0.258 e. The van der Waals surface area contributed by atoms with Gasteiger partial charge in [-0.2, -0.15) is 4.98 Å². The Morgan fingerprint density at radius 2 is 2.08 bits per heavy atom. The number of nitrogens with one attached hydrogen (secondary N) is 1. The standard InChI is InChI=1S/C19H18N4O2S/c1-12-2-6-15(7-3-12)21-16(24)11-26-17-10-14(8-9-20-17)19-22-18(23-25-19)13-4-5-13/h2-3,6-10,13H,4-5,11H2,1H3,(H,21,24). The molecule has 3 aromatic rings. The van der Waals surface area contributed by atoms with E-state index in [9.17, 15) is 4.79 Å². The van der Waals surface area contributed by atoms with Crippen molar-refractivity contribution in [3.63, 3.8) is 0 Å². The van der Waals surface area contributed by atoms with E-state index in [4.69, 9.17) is 4.52 Å². The lowest BCUT2D eigenvalue weighted by atomic mass is 10.2. The molecule has 0 unspecified atom stereocenters. The summed E-state index contributed by atoms with van der Waals surface area (Å²) < 4.78 is 5.34. The first kappa shape index (κ1) is 16.8. The maximum absolute atomic E-state index is 12.1. The van der Waals surface area contributed by atoms with Crippen LogP contribution >= 0.6 is 11.8 Å². The number of amides is 1. The highest BCUT2D eigenvalue weighted by molar-refractivity contribution is 7.99. The molecule has 0 aliphatic heterocycles. The lowest BCUT2D eigenvalue weighted by Gasteiger charge is -2.05. The number of carbonyl (C=O) groups is 1. The molecule has 1 aliphatic carbocycles. The van der Waals surface area contributed by atoms with Gasteiger partial charge >= 0.3 is 0 Å². The second-order valence-corrected chi connectivity index (χ2v) is 7.31. The lowest BCUT2D eigenvalue weighted by molar-refractivity contribution is -0.113. The fraction of sp³-hybridized carbons (Fsp3) is 0.263. The van der Waals surface area contributed by atoms with E-state index >= 15 is 0 Å². The first-order chi connectivity index (χ1) is 12.7. The van der Waals surface area contributed by atoms with Crippen molar-refractivity contribution < 1.29 is 9.32 Å². The zero-order valence-electron chi connectivity index (χ0n) is 14.3. The van der Waals surface area contributed by atoms with E-state index in [0.717, 1.165) is 40.5 Å². The zero-order valence-corrected chi connectivity index (χ0v) is 15.1. The third-order valence-corrected chi connectivity index (χ3v) is 4.98. The van der Waals surface area contributed by atoms with E-state index in [2.05, 4.69) is 20.4 Å². The van der Waals surface area contributed by atoms with Crippen LogP contribution in [0.2, 0.25) is 0 Å². The number of pyridine rings is 1. The number of hydrogen-bond donors (Lipinski definition) is 1. The SMILES string of the molecule is Cc1ccc(NC(=O)CSc2cc(-c3nc(C4CC4)no3)ccn2)cc1. The minimum atomic E-state index is -0.0696. The van der Waals surface area contributed by atoms with Crippen LogP contribution in [0.1, 0.15) is 30.1 Å². The fourth-order valence-corrected chi connectivity index (χ4v) is 3.15. The number of benzene rings is 1. The van der Waals surface area contributed by atoms with Crippen molar-refractivity contribution in [2.75, 3.05) is 11.1 Å². The monoisotopic (exact) mass is 366 g/mol. The number of rotatable bonds is 6. The van der Waals surface area contributed by atoms with Crippen LogP contribution in [-0.2, 0) is 4.79 Å². The molecule has 1 aromatic carbocycles. The Morgan fingerprint density at radius 1 is 1.27 bits per heavy atom. The van der Waals surface area contributed by atoms with Crippen LogP contribution in [0.4, 0.5) is 5.69 Å². The van der Waals surface area contributed by atoms with E-state index in [1.807, 2.05) is 43.3 Å². The third kappa shape index (κ3) is 4.11. The Kier molecular flexibility index (Phi) is 4.71. The normalized spacial score (nSPS) is 13.6. The summed E-state index contributed by atoms with van der Waals surface area (Å²) in [7, 11) is 0. The quantitative estimate of drug-likeness (QED) is 0.663. The first-order valence-electron chi connectivity index (χ1n) is 8.47. The summed E-state index contributed by atoms with van der Waals surface area (Å²) in [5.41, 5.74) is 2.77. The second kappa shape index (κ2) is 7.29. The average molecular weight is 366 g/mol. The van der Waals surface area contributed by atoms with Gasteiger partial charge in [-0.05, 0) is 44.0 Å². The summed E-state index contributed by atoms with van der Waals surface area (Å²) in [6, 6.07) is 11.4. The molecule has 1 saturated carbocycles. The molecular formula is C19H18N4O2S. The summed E-state index contributed by atoms with van der Waals surface area (Å²) in [4.78, 5) is 20.9. The van der Waals surface area contributed by atoms with Gasteiger partial charge < -0.3 is 9.84 Å². The number of aromatic nitrogens is 3. The Balaban J connectivity index is 1.37. The predicted octanol–water partition coefficient (Wildman–Crippen LogP) is 4.05. The van der Waals surface area contributed by atoms with E-state index < -0.39 is 0 Å². The highest BCUT2D eigenvalue weighted by atomic mass is 32.2. The molecule has 0 spiro atoms. The highest BCUT2D eigenvalue weighted by Crippen LogP contribution is 2.39. The number of aryl methyl sites for hydroxylation is 1. The van der Waals surface area contributed by atoms with Gasteiger partial charge in [0.25, 0.3) is 5.89 Å². The van der Waals surface area contributed by atoms with Gasteiger partial charge in [-0.3, -0.25) is 4.79 Å². The van der Waals surface area contributed by atoms with Crippen LogP contribution in [-0.4, -0.2) is 26.8 Å². The molecule has 6 nitrogen and oxygen atoms in total. The van der Waals surface area contributed by atoms with Crippen LogP contribution in [0.25, 0.3) is 11.5 Å². The third-order valence-electron chi connectivity index (χ3n) is 4.05. The molecule has 7 heteroatoms. The molecule has 0 atom stereocenters. The summed E-state index contributed by atoms with van der Waals surface area (Å²) in [5, 5.41) is 7.66. The molecule has 4 rings (SSSR count). The molecule has 26 heavy (non-hydrogen) atoms. The Bertz CT molecular complexity index is 919. The molecular weight excluding hydrogens is 348 g/mol. The number of nitrogens with zero attached hydrogens (tertiary/aromatic N) is 3. The zero-order chi connectivity index (χ0) is 17.9. The van der Waals surface area contributed by atoms with Crippen molar-refractivity contribution in [1.82, 2.24) is 15.1 Å². The van der Waals surface area contributed by atoms with Crippen molar-refractivity contribution in [1.29, 1.82) is 0 Å². The molecule has 1 N–H and O–H groups in total. The van der Waals surface area contributed by atoms with Crippen LogP contribution in [0.15, 0.2) is 52.1 Å². The minimum Gasteiger partial charge on any atom is -0.334 e. The van der Waals surface area contributed by atoms with Crippen LogP contribution in [0, 0.1) is 6.92 Å². The molecule has 2 heterocycles. The summed E-state index contributed by atoms with van der Waals surface area (Å²) >= 11 is 1.37. The number of thioether (sulfide) groups is 1. The van der Waals surface area contributed by atoms with Gasteiger partial charge in [-0.15, -0.1) is 0 Å². The maximum atomic E-state index is 12.1. The predicted molar refractivity (Wildman–Crippen MR) is 100 cm³/mol. The molecule has 0 saturated heterocycles. The summed E-state index contributed by atoms with van der Waals surface area (Å²) in [6.07, 6.45) is 3.95. The number of hydrogen-bond acceptors (Lipinski definition) is 6. The number of carbonyl (C=O) groups excluding carboxylic acids is 1. The van der Waals surface area contributed by atoms with Crippen molar-refractivity contribution >= 4 is 23.4 Å². The molecule has 2 aromatic heterocycles. The minimum absolute atomic E-state index is 0.0696. The van der Waals surface area contributed by atoms with E-state index in [1.165, 1.54) is 11.8 Å². The van der Waals surface area contributed by atoms with Gasteiger partial charge in [0.1, 0.15) is 0 Å². The topological polar surface area (TPSA) is 80.9 Å². The second-order valence-electron chi connectivity index (χ2n) is 6.32. The van der Waals surface area contributed by atoms with Crippen molar-refractivity contribution in [2.24, 2.45) is 0 Å². The highest BCUT2D eigenvalue weighted by Gasteiger charge is 2.29. The molecule has 1 aliphatic rings. The van der Waals surface area contributed by atoms with Crippen LogP contribution in [0.3, 0.4) is 0 Å². The van der Waals surface area contributed by atoms with E-state index in [0.29, 0.717) is 11.8 Å². The molecule has 1 fully saturated rings. The largest absolute Gasteiger partial charge is 0.334 e. The van der Waals surface area contributed by atoms with Crippen LogP contribution in [0.5, 0.6) is 0 Å². The summed E-state index contributed by atoms with van der Waals surface area (Å²) in [5.74, 6) is 1.94. The first-order valence-corrected chi connectivity index (χ1v) is 9.45. The Labute approximate surface area is 155 Å². The van der Waals surface area contributed by atoms with Gasteiger partial charge in [-0.25, -0.2) is 4.98 Å². The summed E-state index contributed by atoms with van der Waals surface area (Å²) in [6.45, 7) is 2.01. The van der Waals surface area contributed by atoms with Crippen molar-refractivity contribution in [2.45, 2.75) is 30.7 Å². The van der Waals surface area contributed by atoms with E-state index in [-0.39, 0.29) is 11.7 Å². The Morgan fingerprint density at radius 3 is 2.85 bits per heavy atom. The van der Waals surface area contributed by atoms with Crippen LogP contribution < -0.4 is 5.32 Å². The lowest BCUT2D eigenvalue weighted by Crippen LogP contribution is -2.14. The van der Waals surface area contributed by atoms with Gasteiger partial charge in [-0.1, -0.05) is 34.6 Å². The van der Waals surface area contributed by atoms with Gasteiger partial charge in [0.05, 0.1) is 10.8 Å². The number of anilines is 1. The maximum Gasteiger partial charge on any atom is 0.258 e. The molecule has 1 amide bonds. The van der Waals surface area contributed by atoms with Crippen molar-refractivity contribution in [3.8, 4) is 11.5 Å². The van der Waals surface area contributed by atoms with Gasteiger partial charge in [0.15, 0.2) is 5.82 Å². The van der Waals surface area contributed by atoms with Gasteiger partial charge in [0.2, 0.25) is 5.91 Å². The van der Waals surface area contributed by atoms with Gasteiger partial charge in [0, 0.05) is 23.4 Å². The molecule has 0 bridgehead atoms. The van der Waals surface area contributed by atoms with Crippen molar-refractivity contribution in [3.05, 3.63) is 54.0 Å². The fourth-order valence-electron chi connectivity index (χ4n) is 2.45. The molecule has 132 valence electrons. The Hall–Kier alpha value is -2.67. The molecule has 0 radical (unpaired) electrons.